The number of aromatic nitrogens is 4. The maximum atomic E-state index is 14.3. The molecule has 0 saturated heterocycles. The second kappa shape index (κ2) is 6.78. The summed E-state index contributed by atoms with van der Waals surface area (Å²) in [7, 11) is 1.66. The predicted molar refractivity (Wildman–Crippen MR) is 110 cm³/mol. The molecule has 1 aliphatic rings. The van der Waals surface area contributed by atoms with Gasteiger partial charge in [0.1, 0.15) is 34.5 Å². The Bertz CT molecular complexity index is 1300. The summed E-state index contributed by atoms with van der Waals surface area (Å²) in [5, 5.41) is 15.0. The van der Waals surface area contributed by atoms with Gasteiger partial charge in [0.05, 0.1) is 23.1 Å². The maximum absolute atomic E-state index is 14.3. The molecule has 5 rings (SSSR count). The minimum absolute atomic E-state index is 0.273. The molecule has 0 saturated carbocycles. The first-order valence-electron chi connectivity index (χ1n) is 10.0. The van der Waals surface area contributed by atoms with Gasteiger partial charge in [-0.05, 0) is 38.1 Å². The highest BCUT2D eigenvalue weighted by atomic mass is 19.1. The van der Waals surface area contributed by atoms with E-state index in [1.165, 1.54) is 10.7 Å². The highest BCUT2D eigenvalue weighted by Gasteiger charge is 2.38. The summed E-state index contributed by atoms with van der Waals surface area (Å²) in [6.07, 6.45) is 2.19. The van der Waals surface area contributed by atoms with Crippen LogP contribution in [0.15, 0.2) is 41.1 Å². The molecular weight excluding hydrogens is 401 g/mol. The number of nitrogens with zero attached hydrogens (tertiary/aromatic N) is 4. The van der Waals surface area contributed by atoms with Crippen LogP contribution in [0.1, 0.15) is 53.2 Å². The monoisotopic (exact) mass is 423 g/mol. The second-order valence-electron chi connectivity index (χ2n) is 8.32. The Labute approximate surface area is 177 Å². The molecule has 1 amide bonds. The zero-order valence-electron chi connectivity index (χ0n) is 17.4. The van der Waals surface area contributed by atoms with Gasteiger partial charge >= 0.3 is 0 Å². The minimum Gasteiger partial charge on any atom is -0.458 e. The summed E-state index contributed by atoms with van der Waals surface area (Å²) in [6.45, 7) is 3.65. The molecular formula is C22H22FN5O3. The zero-order valence-corrected chi connectivity index (χ0v) is 17.4. The van der Waals surface area contributed by atoms with Crippen LogP contribution in [0.5, 0.6) is 0 Å². The van der Waals surface area contributed by atoms with Crippen LogP contribution >= 0.6 is 0 Å². The molecule has 0 aliphatic carbocycles. The molecule has 1 atom stereocenters. The van der Waals surface area contributed by atoms with Gasteiger partial charge in [0.25, 0.3) is 5.91 Å². The van der Waals surface area contributed by atoms with E-state index in [-0.39, 0.29) is 11.7 Å². The molecule has 4 heterocycles. The number of fused-ring (bicyclic) bond motifs is 2. The fourth-order valence-electron chi connectivity index (χ4n) is 4.08. The molecule has 4 aromatic rings. The number of benzene rings is 1. The lowest BCUT2D eigenvalue weighted by Crippen LogP contribution is -2.41. The summed E-state index contributed by atoms with van der Waals surface area (Å²) < 4.78 is 21.7. The minimum atomic E-state index is -1.18. The number of H-pyrrole nitrogens is 1. The number of hydrogen-bond donors (Lipinski definition) is 2. The third-order valence-electron chi connectivity index (χ3n) is 5.71. The Morgan fingerprint density at radius 1 is 1.35 bits per heavy atom. The van der Waals surface area contributed by atoms with Gasteiger partial charge in [-0.15, -0.1) is 0 Å². The van der Waals surface area contributed by atoms with Gasteiger partial charge in [-0.3, -0.25) is 9.48 Å². The average molecular weight is 423 g/mol. The number of nitrogens with one attached hydrogen (secondary N) is 1. The van der Waals surface area contributed by atoms with Crippen molar-refractivity contribution >= 4 is 16.9 Å². The van der Waals surface area contributed by atoms with Gasteiger partial charge < -0.3 is 19.4 Å². The number of amides is 1. The molecule has 0 radical (unpaired) electrons. The summed E-state index contributed by atoms with van der Waals surface area (Å²) in [5.41, 5.74) is 1.56. The number of furan rings is 1. The van der Waals surface area contributed by atoms with Gasteiger partial charge in [0.15, 0.2) is 0 Å². The van der Waals surface area contributed by atoms with Crippen molar-refractivity contribution in [2.45, 2.75) is 31.9 Å². The first-order chi connectivity index (χ1) is 14.7. The van der Waals surface area contributed by atoms with Crippen LogP contribution in [-0.4, -0.2) is 42.2 Å². The van der Waals surface area contributed by atoms with Crippen molar-refractivity contribution in [1.29, 1.82) is 0 Å². The van der Waals surface area contributed by atoms with Crippen LogP contribution in [0.3, 0.4) is 0 Å². The van der Waals surface area contributed by atoms with Crippen LogP contribution in [0.25, 0.3) is 11.0 Å². The Balaban J connectivity index is 1.61. The third-order valence-corrected chi connectivity index (χ3v) is 5.71. The van der Waals surface area contributed by atoms with Gasteiger partial charge in [-0.2, -0.15) is 5.10 Å². The number of carbonyl (C=O) groups excluding carboxylic acids is 1. The van der Waals surface area contributed by atoms with Crippen LogP contribution in [0.2, 0.25) is 0 Å². The molecule has 0 bridgehead atoms. The molecule has 0 unspecified atom stereocenters. The van der Waals surface area contributed by atoms with E-state index in [9.17, 15) is 14.3 Å². The lowest BCUT2D eigenvalue weighted by molar-refractivity contribution is 0.0661. The number of imidazole rings is 1. The van der Waals surface area contributed by atoms with Gasteiger partial charge in [-0.1, -0.05) is 6.07 Å². The van der Waals surface area contributed by atoms with Crippen molar-refractivity contribution in [3.63, 3.8) is 0 Å². The maximum Gasteiger partial charge on any atom is 0.273 e. The van der Waals surface area contributed by atoms with Crippen LogP contribution in [0.4, 0.5) is 4.39 Å². The highest BCUT2D eigenvalue weighted by Crippen LogP contribution is 2.37. The average Bonchev–Trinajstić information content (AvgIpc) is 3.44. The van der Waals surface area contributed by atoms with Crippen molar-refractivity contribution in [2.24, 2.45) is 7.05 Å². The van der Waals surface area contributed by atoms with E-state index in [4.69, 9.17) is 4.42 Å². The van der Waals surface area contributed by atoms with Crippen LogP contribution < -0.4 is 0 Å². The number of aromatic amines is 1. The first-order valence-corrected chi connectivity index (χ1v) is 10.0. The Hall–Kier alpha value is -3.46. The molecule has 1 aliphatic heterocycles. The van der Waals surface area contributed by atoms with Crippen LogP contribution in [-0.2, 0) is 19.1 Å². The van der Waals surface area contributed by atoms with E-state index in [2.05, 4.69) is 15.1 Å². The SMILES string of the molecule is Cn1nc(C(C)(C)O)cc1C(=O)N1CCc2[nH]cnc2[C@H]1c1cc2c(F)cccc2o1. The normalized spacial score (nSPS) is 16.7. The number of halogens is 1. The van der Waals surface area contributed by atoms with Crippen molar-refractivity contribution in [3.8, 4) is 0 Å². The Kier molecular flexibility index (Phi) is 4.26. The summed E-state index contributed by atoms with van der Waals surface area (Å²) in [6, 6.07) is 7.26. The van der Waals surface area contributed by atoms with E-state index < -0.39 is 11.6 Å². The van der Waals surface area contributed by atoms with E-state index in [1.54, 1.807) is 56.4 Å². The third kappa shape index (κ3) is 3.12. The first kappa shape index (κ1) is 19.5. The Morgan fingerprint density at radius 3 is 2.87 bits per heavy atom. The van der Waals surface area contributed by atoms with Gasteiger partial charge in [0, 0.05) is 25.7 Å². The van der Waals surface area contributed by atoms with E-state index in [0.29, 0.717) is 46.8 Å². The molecule has 160 valence electrons. The fourth-order valence-corrected chi connectivity index (χ4v) is 4.08. The Morgan fingerprint density at radius 2 is 2.16 bits per heavy atom. The predicted octanol–water partition coefficient (Wildman–Crippen LogP) is 3.04. The smallest absolute Gasteiger partial charge is 0.273 e. The molecule has 8 nitrogen and oxygen atoms in total. The summed E-state index contributed by atoms with van der Waals surface area (Å²) >= 11 is 0. The number of carbonyl (C=O) groups is 1. The van der Waals surface area contributed by atoms with Crippen molar-refractivity contribution in [3.05, 3.63) is 71.0 Å². The standard InChI is InChI=1S/C22H22FN5O3/c1-22(2,30)18-10-15(27(3)26-18)21(29)28-8-7-14-19(25-11-24-14)20(28)17-9-12-13(23)5-4-6-16(12)31-17/h4-6,9-11,20,30H,7-8H2,1-3H3,(H,24,25)/t20-/m1/s1. The lowest BCUT2D eigenvalue weighted by Gasteiger charge is -2.33. The van der Waals surface area contributed by atoms with E-state index in [1.807, 2.05) is 0 Å². The molecule has 31 heavy (non-hydrogen) atoms. The fraction of sp³-hybridized carbons (Fsp3) is 0.318. The quantitative estimate of drug-likeness (QED) is 0.528. The number of aliphatic hydroxyl groups is 1. The van der Waals surface area contributed by atoms with Gasteiger partial charge in [0.2, 0.25) is 0 Å². The molecule has 9 heteroatoms. The molecule has 0 fully saturated rings. The van der Waals surface area contributed by atoms with Crippen molar-refractivity contribution < 1.29 is 18.7 Å². The summed E-state index contributed by atoms with van der Waals surface area (Å²) in [4.78, 5) is 22.8. The topological polar surface area (TPSA) is 100 Å². The van der Waals surface area contributed by atoms with Crippen molar-refractivity contribution in [2.75, 3.05) is 6.54 Å². The molecule has 3 aromatic heterocycles. The number of aryl methyl sites for hydroxylation is 1. The molecule has 0 spiro atoms. The second-order valence-corrected chi connectivity index (χ2v) is 8.32. The molecule has 1 aromatic carbocycles. The molecule has 2 N–H and O–H groups in total. The largest absolute Gasteiger partial charge is 0.458 e. The van der Waals surface area contributed by atoms with Crippen LogP contribution in [0, 0.1) is 5.82 Å². The van der Waals surface area contributed by atoms with Gasteiger partial charge in [-0.25, -0.2) is 9.37 Å². The van der Waals surface area contributed by atoms with E-state index in [0.717, 1.165) is 5.69 Å². The van der Waals surface area contributed by atoms with Crippen molar-refractivity contribution in [1.82, 2.24) is 24.6 Å². The number of rotatable bonds is 3. The number of hydrogen-bond acceptors (Lipinski definition) is 5. The highest BCUT2D eigenvalue weighted by molar-refractivity contribution is 5.93. The van der Waals surface area contributed by atoms with E-state index >= 15 is 0 Å². The lowest BCUT2D eigenvalue weighted by atomic mass is 9.99. The summed E-state index contributed by atoms with van der Waals surface area (Å²) in [5.74, 6) is -0.221. The zero-order chi connectivity index (χ0) is 21.9.